The average molecular weight is 437 g/mol. The molecule has 4 rings (SSSR count). The largest absolute Gasteiger partial charge is 0.493 e. The van der Waals surface area contributed by atoms with Crippen molar-refractivity contribution in [3.63, 3.8) is 0 Å². The molecule has 0 atom stereocenters. The van der Waals surface area contributed by atoms with E-state index in [4.69, 9.17) is 14.5 Å². The van der Waals surface area contributed by atoms with Gasteiger partial charge in [0.15, 0.2) is 17.3 Å². The predicted molar refractivity (Wildman–Crippen MR) is 116 cm³/mol. The van der Waals surface area contributed by atoms with Gasteiger partial charge in [0.05, 0.1) is 30.9 Å². The smallest absolute Gasteiger partial charge is 0.270 e. The molecule has 0 amide bonds. The number of methoxy groups -OCH3 is 1. The van der Waals surface area contributed by atoms with E-state index in [1.54, 1.807) is 30.3 Å². The number of benzene rings is 2. The van der Waals surface area contributed by atoms with Gasteiger partial charge < -0.3 is 9.47 Å². The van der Waals surface area contributed by atoms with Gasteiger partial charge in [-0.2, -0.15) is 5.10 Å². The number of thiazole rings is 1. The first-order valence-corrected chi connectivity index (χ1v) is 10.3. The molecule has 2 aromatic carbocycles. The van der Waals surface area contributed by atoms with Crippen LogP contribution in [0.25, 0.3) is 22.0 Å². The fourth-order valence-electron chi connectivity index (χ4n) is 3.02. The van der Waals surface area contributed by atoms with Crippen LogP contribution in [0.2, 0.25) is 0 Å². The van der Waals surface area contributed by atoms with Gasteiger partial charge in [-0.15, -0.1) is 11.3 Å². The van der Waals surface area contributed by atoms with E-state index in [0.717, 1.165) is 16.3 Å². The van der Waals surface area contributed by atoms with Gasteiger partial charge in [-0.05, 0) is 25.1 Å². The first kappa shape index (κ1) is 20.5. The van der Waals surface area contributed by atoms with E-state index in [-0.39, 0.29) is 5.69 Å². The Bertz CT molecular complexity index is 1220. The van der Waals surface area contributed by atoms with Gasteiger partial charge in [-0.25, -0.2) is 14.6 Å². The summed E-state index contributed by atoms with van der Waals surface area (Å²) < 4.78 is 12.6. The number of nitro groups is 1. The van der Waals surface area contributed by atoms with Crippen LogP contribution in [0.4, 0.5) is 5.69 Å². The number of rotatable bonds is 8. The maximum absolute atomic E-state index is 11.0. The van der Waals surface area contributed by atoms with Crippen LogP contribution in [0, 0.1) is 10.1 Å². The minimum absolute atomic E-state index is 0.00350. The van der Waals surface area contributed by atoms with Gasteiger partial charge >= 0.3 is 0 Å². The minimum Gasteiger partial charge on any atom is -0.493 e. The summed E-state index contributed by atoms with van der Waals surface area (Å²) in [5, 5.41) is 18.2. The van der Waals surface area contributed by atoms with Crippen molar-refractivity contribution in [3.8, 4) is 33.5 Å². The maximum atomic E-state index is 11.0. The van der Waals surface area contributed by atoms with Gasteiger partial charge in [0, 0.05) is 28.6 Å². The van der Waals surface area contributed by atoms with Crippen LogP contribution in [0.1, 0.15) is 12.6 Å². The molecule has 0 aliphatic rings. The summed E-state index contributed by atoms with van der Waals surface area (Å²) in [4.78, 5) is 19.5. The third-order valence-corrected chi connectivity index (χ3v) is 5.38. The molecular weight excluding hydrogens is 418 g/mol. The Balaban J connectivity index is 1.51. The van der Waals surface area contributed by atoms with Crippen LogP contribution >= 0.6 is 11.3 Å². The second-order valence-corrected chi connectivity index (χ2v) is 7.37. The number of non-ortho nitro benzene ring substituents is 1. The van der Waals surface area contributed by atoms with Crippen molar-refractivity contribution in [2.75, 3.05) is 13.7 Å². The molecule has 0 fully saturated rings. The van der Waals surface area contributed by atoms with Gasteiger partial charge in [0.1, 0.15) is 11.3 Å². The van der Waals surface area contributed by atoms with E-state index in [2.05, 4.69) is 10.1 Å². The van der Waals surface area contributed by atoms with Crippen molar-refractivity contribution in [2.45, 2.75) is 13.5 Å². The Labute approximate surface area is 182 Å². The van der Waals surface area contributed by atoms with Gasteiger partial charge in [0.25, 0.3) is 5.69 Å². The molecule has 0 spiro atoms. The number of aromatic nitrogens is 4. The van der Waals surface area contributed by atoms with Crippen molar-refractivity contribution in [1.29, 1.82) is 0 Å². The molecule has 0 radical (unpaired) electrons. The zero-order valence-electron chi connectivity index (χ0n) is 16.9. The Kier molecular flexibility index (Phi) is 5.89. The molecular formula is C21H19N5O4S. The van der Waals surface area contributed by atoms with E-state index >= 15 is 0 Å². The summed E-state index contributed by atoms with van der Waals surface area (Å²) in [5.74, 6) is 1.78. The summed E-state index contributed by atoms with van der Waals surface area (Å²) in [6, 6.07) is 12.0. The zero-order valence-corrected chi connectivity index (χ0v) is 17.7. The van der Waals surface area contributed by atoms with Gasteiger partial charge in [-0.1, -0.05) is 12.1 Å². The van der Waals surface area contributed by atoms with Crippen LogP contribution in [0.5, 0.6) is 11.5 Å². The van der Waals surface area contributed by atoms with Crippen molar-refractivity contribution < 1.29 is 14.4 Å². The van der Waals surface area contributed by atoms with E-state index in [0.29, 0.717) is 36.0 Å². The third kappa shape index (κ3) is 4.53. The van der Waals surface area contributed by atoms with Crippen LogP contribution < -0.4 is 9.47 Å². The average Bonchev–Trinajstić information content (AvgIpc) is 3.44. The lowest BCUT2D eigenvalue weighted by Gasteiger charge is -2.09. The Hall–Kier alpha value is -3.79. The summed E-state index contributed by atoms with van der Waals surface area (Å²) >= 11 is 1.52. The van der Waals surface area contributed by atoms with Gasteiger partial charge in [0.2, 0.25) is 0 Å². The van der Waals surface area contributed by atoms with Crippen molar-refractivity contribution in [1.82, 2.24) is 19.7 Å². The predicted octanol–water partition coefficient (Wildman–Crippen LogP) is 4.43. The molecule has 158 valence electrons. The Morgan fingerprint density at radius 2 is 2.03 bits per heavy atom. The SMILES string of the molecule is CCOc1ccc(-c2nc(Cn3cnc(-c4cccc([N+](=O)[O-])c4)n3)cs2)cc1OC. The molecule has 0 aliphatic carbocycles. The highest BCUT2D eigenvalue weighted by molar-refractivity contribution is 7.13. The summed E-state index contributed by atoms with van der Waals surface area (Å²) in [7, 11) is 1.61. The van der Waals surface area contributed by atoms with Crippen molar-refractivity contribution >= 4 is 17.0 Å². The highest BCUT2D eigenvalue weighted by atomic mass is 32.1. The maximum Gasteiger partial charge on any atom is 0.270 e. The Morgan fingerprint density at radius 3 is 2.81 bits per heavy atom. The molecule has 2 aromatic heterocycles. The monoisotopic (exact) mass is 437 g/mol. The molecule has 31 heavy (non-hydrogen) atoms. The molecule has 2 heterocycles. The number of nitrogens with zero attached hydrogens (tertiary/aromatic N) is 5. The molecule has 0 unspecified atom stereocenters. The highest BCUT2D eigenvalue weighted by Crippen LogP contribution is 2.34. The molecule has 0 saturated heterocycles. The van der Waals surface area contributed by atoms with E-state index in [1.165, 1.54) is 23.5 Å². The molecule has 4 aromatic rings. The number of ether oxygens (including phenoxy) is 2. The van der Waals surface area contributed by atoms with Crippen LogP contribution in [-0.4, -0.2) is 38.4 Å². The zero-order chi connectivity index (χ0) is 21.8. The summed E-state index contributed by atoms with van der Waals surface area (Å²) in [6.07, 6.45) is 1.59. The van der Waals surface area contributed by atoms with Crippen LogP contribution in [0.15, 0.2) is 54.2 Å². The topological polar surface area (TPSA) is 105 Å². The highest BCUT2D eigenvalue weighted by Gasteiger charge is 2.13. The van der Waals surface area contributed by atoms with Crippen LogP contribution in [0.3, 0.4) is 0 Å². The molecule has 0 bridgehead atoms. The van der Waals surface area contributed by atoms with E-state index in [1.807, 2.05) is 30.5 Å². The second-order valence-electron chi connectivity index (χ2n) is 6.52. The minimum atomic E-state index is -0.437. The van der Waals surface area contributed by atoms with Crippen molar-refractivity contribution in [2.24, 2.45) is 0 Å². The standard InChI is InChI=1S/C21H19N5O4S/c1-3-30-18-8-7-15(10-19(18)29-2)21-23-16(12-31-21)11-25-13-22-20(24-25)14-5-4-6-17(9-14)26(27)28/h4-10,12-13H,3,11H2,1-2H3. The lowest BCUT2D eigenvalue weighted by atomic mass is 10.2. The van der Waals surface area contributed by atoms with Crippen molar-refractivity contribution in [3.05, 3.63) is 70.0 Å². The number of nitro benzene ring substituents is 1. The Morgan fingerprint density at radius 1 is 1.16 bits per heavy atom. The third-order valence-electron chi connectivity index (χ3n) is 4.44. The van der Waals surface area contributed by atoms with Crippen LogP contribution in [-0.2, 0) is 6.54 Å². The summed E-state index contributed by atoms with van der Waals surface area (Å²) in [5.41, 5.74) is 2.37. The fraction of sp³-hybridized carbons (Fsp3) is 0.190. The molecule has 0 saturated carbocycles. The first-order chi connectivity index (χ1) is 15.1. The van der Waals surface area contributed by atoms with E-state index < -0.39 is 4.92 Å². The molecule has 0 N–H and O–H groups in total. The molecule has 9 nitrogen and oxygen atoms in total. The molecule has 0 aliphatic heterocycles. The van der Waals surface area contributed by atoms with Gasteiger partial charge in [-0.3, -0.25) is 10.1 Å². The van der Waals surface area contributed by atoms with E-state index in [9.17, 15) is 10.1 Å². The number of hydrogen-bond acceptors (Lipinski definition) is 8. The number of hydrogen-bond donors (Lipinski definition) is 0. The lowest BCUT2D eigenvalue weighted by Crippen LogP contribution is -2.01. The normalized spacial score (nSPS) is 10.8. The quantitative estimate of drug-likeness (QED) is 0.296. The fourth-order valence-corrected chi connectivity index (χ4v) is 3.82. The second kappa shape index (κ2) is 8.92. The first-order valence-electron chi connectivity index (χ1n) is 9.47. The lowest BCUT2D eigenvalue weighted by molar-refractivity contribution is -0.384. The molecule has 10 heteroatoms. The summed E-state index contributed by atoms with van der Waals surface area (Å²) in [6.45, 7) is 2.93.